The number of esters is 1. The Bertz CT molecular complexity index is 682. The molecule has 24 heavy (non-hydrogen) atoms. The molecule has 2 aromatic carbocycles. The number of nitrogens with one attached hydrogen (secondary N) is 1. The SMILES string of the molecule is CCOC(=O)[C@H](C)[C@H](/C=C/c1ccccc1)Nc1ccccc1O. The van der Waals surface area contributed by atoms with E-state index in [-0.39, 0.29) is 17.8 Å². The van der Waals surface area contributed by atoms with Gasteiger partial charge in [-0.05, 0) is 31.5 Å². The second-order valence-corrected chi connectivity index (χ2v) is 5.50. The fourth-order valence-electron chi connectivity index (χ4n) is 2.31. The molecule has 0 amide bonds. The van der Waals surface area contributed by atoms with E-state index in [1.54, 1.807) is 25.1 Å². The number of aromatic hydroxyl groups is 1. The summed E-state index contributed by atoms with van der Waals surface area (Å²) in [5, 5.41) is 13.2. The second kappa shape index (κ2) is 8.77. The van der Waals surface area contributed by atoms with Crippen molar-refractivity contribution >= 4 is 17.7 Å². The molecule has 0 aliphatic carbocycles. The number of hydrogen-bond donors (Lipinski definition) is 2. The lowest BCUT2D eigenvalue weighted by Crippen LogP contribution is -2.32. The van der Waals surface area contributed by atoms with Gasteiger partial charge in [0, 0.05) is 0 Å². The Balaban J connectivity index is 2.22. The van der Waals surface area contributed by atoms with Crippen LogP contribution in [0.2, 0.25) is 0 Å². The Labute approximate surface area is 142 Å². The molecule has 0 radical (unpaired) electrons. The lowest BCUT2D eigenvalue weighted by molar-refractivity contribution is -0.147. The van der Waals surface area contributed by atoms with Gasteiger partial charge in [-0.25, -0.2) is 0 Å². The molecule has 0 saturated heterocycles. The summed E-state index contributed by atoms with van der Waals surface area (Å²) in [7, 11) is 0. The third-order valence-electron chi connectivity index (χ3n) is 3.72. The van der Waals surface area contributed by atoms with Gasteiger partial charge in [0.15, 0.2) is 0 Å². The van der Waals surface area contributed by atoms with Gasteiger partial charge in [0.25, 0.3) is 0 Å². The molecule has 2 rings (SSSR count). The average Bonchev–Trinajstić information content (AvgIpc) is 2.60. The van der Waals surface area contributed by atoms with Gasteiger partial charge in [-0.1, -0.05) is 54.6 Å². The molecule has 0 unspecified atom stereocenters. The summed E-state index contributed by atoms with van der Waals surface area (Å²) in [6, 6.07) is 16.5. The third-order valence-corrected chi connectivity index (χ3v) is 3.72. The van der Waals surface area contributed by atoms with E-state index in [1.165, 1.54) is 0 Å². The van der Waals surface area contributed by atoms with Crippen molar-refractivity contribution in [3.8, 4) is 5.75 Å². The van der Waals surface area contributed by atoms with Crippen molar-refractivity contribution in [2.45, 2.75) is 19.9 Å². The minimum atomic E-state index is -0.399. The Hall–Kier alpha value is -2.75. The van der Waals surface area contributed by atoms with Gasteiger partial charge in [-0.15, -0.1) is 0 Å². The van der Waals surface area contributed by atoms with Crippen LogP contribution in [-0.4, -0.2) is 23.7 Å². The van der Waals surface area contributed by atoms with Crippen molar-refractivity contribution in [2.24, 2.45) is 5.92 Å². The predicted octanol–water partition coefficient (Wildman–Crippen LogP) is 4.09. The van der Waals surface area contributed by atoms with Gasteiger partial charge in [-0.3, -0.25) is 4.79 Å². The first-order chi connectivity index (χ1) is 11.6. The molecular weight excluding hydrogens is 302 g/mol. The van der Waals surface area contributed by atoms with Crippen LogP contribution in [-0.2, 0) is 9.53 Å². The summed E-state index contributed by atoms with van der Waals surface area (Å²) < 4.78 is 5.13. The van der Waals surface area contributed by atoms with Crippen LogP contribution in [0.15, 0.2) is 60.7 Å². The molecule has 0 spiro atoms. The zero-order valence-electron chi connectivity index (χ0n) is 14.0. The Kier molecular flexibility index (Phi) is 6.43. The summed E-state index contributed by atoms with van der Waals surface area (Å²) in [4.78, 5) is 12.1. The van der Waals surface area contributed by atoms with E-state index in [0.717, 1.165) is 5.56 Å². The molecule has 0 aliphatic rings. The van der Waals surface area contributed by atoms with Crippen LogP contribution in [0.5, 0.6) is 5.75 Å². The summed E-state index contributed by atoms with van der Waals surface area (Å²) in [5.41, 5.74) is 1.62. The highest BCUT2D eigenvalue weighted by Crippen LogP contribution is 2.25. The number of carbonyl (C=O) groups is 1. The molecule has 0 bridgehead atoms. The third kappa shape index (κ3) is 4.88. The first-order valence-corrected chi connectivity index (χ1v) is 8.06. The van der Waals surface area contributed by atoms with Crippen LogP contribution in [0, 0.1) is 5.92 Å². The maximum Gasteiger partial charge on any atom is 0.311 e. The van der Waals surface area contributed by atoms with Crippen molar-refractivity contribution in [3.05, 3.63) is 66.2 Å². The molecule has 0 heterocycles. The standard InChI is InChI=1S/C20H23NO3/c1-3-24-20(23)15(2)17(14-13-16-9-5-4-6-10-16)21-18-11-7-8-12-19(18)22/h4-15,17,21-22H,3H2,1-2H3/b14-13+/t15-,17+/m1/s1. The average molecular weight is 325 g/mol. The number of hydrogen-bond acceptors (Lipinski definition) is 4. The van der Waals surface area contributed by atoms with Gasteiger partial charge < -0.3 is 15.2 Å². The van der Waals surface area contributed by atoms with Crippen LogP contribution in [0.4, 0.5) is 5.69 Å². The molecule has 4 heteroatoms. The van der Waals surface area contributed by atoms with Crippen LogP contribution in [0.25, 0.3) is 6.08 Å². The molecular formula is C20H23NO3. The van der Waals surface area contributed by atoms with Crippen molar-refractivity contribution in [3.63, 3.8) is 0 Å². The monoisotopic (exact) mass is 325 g/mol. The van der Waals surface area contributed by atoms with Gasteiger partial charge in [-0.2, -0.15) is 0 Å². The summed E-state index contributed by atoms with van der Waals surface area (Å²) in [6.45, 7) is 3.94. The van der Waals surface area contributed by atoms with Crippen molar-refractivity contribution in [2.75, 3.05) is 11.9 Å². The predicted molar refractivity (Wildman–Crippen MR) is 96.8 cm³/mol. The zero-order valence-corrected chi connectivity index (χ0v) is 14.0. The number of carbonyl (C=O) groups excluding carboxylic acids is 1. The quantitative estimate of drug-likeness (QED) is 0.595. The molecule has 4 nitrogen and oxygen atoms in total. The van der Waals surface area contributed by atoms with Gasteiger partial charge in [0.1, 0.15) is 5.75 Å². The van der Waals surface area contributed by atoms with Crippen LogP contribution in [0.3, 0.4) is 0 Å². The van der Waals surface area contributed by atoms with Crippen LogP contribution < -0.4 is 5.32 Å². The van der Waals surface area contributed by atoms with E-state index in [9.17, 15) is 9.90 Å². The Morgan fingerprint density at radius 1 is 1.17 bits per heavy atom. The number of phenols is 1. The Morgan fingerprint density at radius 3 is 2.50 bits per heavy atom. The zero-order chi connectivity index (χ0) is 17.4. The molecule has 0 aromatic heterocycles. The number of anilines is 1. The molecule has 126 valence electrons. The fourth-order valence-corrected chi connectivity index (χ4v) is 2.31. The lowest BCUT2D eigenvalue weighted by Gasteiger charge is -2.22. The van der Waals surface area contributed by atoms with Gasteiger partial charge in [0.2, 0.25) is 0 Å². The topological polar surface area (TPSA) is 58.6 Å². The van der Waals surface area contributed by atoms with E-state index in [2.05, 4.69) is 5.32 Å². The van der Waals surface area contributed by atoms with Crippen LogP contribution >= 0.6 is 0 Å². The first-order valence-electron chi connectivity index (χ1n) is 8.06. The Morgan fingerprint density at radius 2 is 1.83 bits per heavy atom. The maximum atomic E-state index is 12.1. The summed E-state index contributed by atoms with van der Waals surface area (Å²) in [5.74, 6) is -0.528. The van der Waals surface area contributed by atoms with E-state index in [1.807, 2.05) is 55.5 Å². The molecule has 2 atom stereocenters. The number of para-hydroxylation sites is 2. The minimum Gasteiger partial charge on any atom is -0.506 e. The molecule has 0 aliphatic heterocycles. The van der Waals surface area contributed by atoms with E-state index < -0.39 is 5.92 Å². The van der Waals surface area contributed by atoms with Gasteiger partial charge >= 0.3 is 5.97 Å². The number of ether oxygens (including phenoxy) is 1. The molecule has 2 N–H and O–H groups in total. The highest BCUT2D eigenvalue weighted by atomic mass is 16.5. The second-order valence-electron chi connectivity index (χ2n) is 5.50. The minimum absolute atomic E-state index is 0.145. The number of phenolic OH excluding ortho intramolecular Hbond substituents is 1. The number of benzene rings is 2. The van der Waals surface area contributed by atoms with Gasteiger partial charge in [0.05, 0.1) is 24.3 Å². The van der Waals surface area contributed by atoms with E-state index in [4.69, 9.17) is 4.74 Å². The highest BCUT2D eigenvalue weighted by molar-refractivity contribution is 5.75. The fraction of sp³-hybridized carbons (Fsp3) is 0.250. The van der Waals surface area contributed by atoms with Crippen molar-refractivity contribution < 1.29 is 14.6 Å². The first kappa shape index (κ1) is 17.6. The van der Waals surface area contributed by atoms with E-state index >= 15 is 0 Å². The molecule has 0 saturated carbocycles. The van der Waals surface area contributed by atoms with Crippen molar-refractivity contribution in [1.82, 2.24) is 0 Å². The number of rotatable bonds is 7. The summed E-state index contributed by atoms with van der Waals surface area (Å²) in [6.07, 6.45) is 3.87. The normalized spacial score (nSPS) is 13.4. The van der Waals surface area contributed by atoms with Crippen molar-refractivity contribution in [1.29, 1.82) is 0 Å². The molecule has 0 fully saturated rings. The largest absolute Gasteiger partial charge is 0.506 e. The van der Waals surface area contributed by atoms with Crippen LogP contribution in [0.1, 0.15) is 19.4 Å². The summed E-state index contributed by atoms with van der Waals surface area (Å²) >= 11 is 0. The molecule has 2 aromatic rings. The maximum absolute atomic E-state index is 12.1. The lowest BCUT2D eigenvalue weighted by atomic mass is 10.00. The smallest absolute Gasteiger partial charge is 0.311 e. The van der Waals surface area contributed by atoms with E-state index in [0.29, 0.717) is 12.3 Å². The highest BCUT2D eigenvalue weighted by Gasteiger charge is 2.23.